The zero-order chi connectivity index (χ0) is 23.3. The van der Waals surface area contributed by atoms with Gasteiger partial charge in [-0.25, -0.2) is 4.79 Å². The maximum Gasteiger partial charge on any atom is 0.408 e. The first-order valence-corrected chi connectivity index (χ1v) is 10.7. The molecule has 0 radical (unpaired) electrons. The van der Waals surface area contributed by atoms with Crippen LogP contribution >= 0.6 is 0 Å². The Morgan fingerprint density at radius 3 is 2.28 bits per heavy atom. The zero-order valence-electron chi connectivity index (χ0n) is 18.7. The lowest BCUT2D eigenvalue weighted by Crippen LogP contribution is -2.47. The summed E-state index contributed by atoms with van der Waals surface area (Å²) in [5.41, 5.74) is 1.41. The number of ether oxygens (including phenoxy) is 2. The summed E-state index contributed by atoms with van der Waals surface area (Å²) in [5.74, 6) is -0.132. The van der Waals surface area contributed by atoms with Gasteiger partial charge in [0.1, 0.15) is 18.4 Å². The second-order valence-corrected chi connectivity index (χ2v) is 7.33. The zero-order valence-corrected chi connectivity index (χ0v) is 18.7. The maximum atomic E-state index is 12.8. The van der Waals surface area contributed by atoms with E-state index in [2.05, 4.69) is 16.0 Å². The van der Waals surface area contributed by atoms with Gasteiger partial charge in [-0.3, -0.25) is 9.59 Å². The predicted octanol–water partition coefficient (Wildman–Crippen LogP) is 3.48. The number of hydrogen-bond acceptors (Lipinski definition) is 5. The third kappa shape index (κ3) is 8.29. The smallest absolute Gasteiger partial charge is 0.408 e. The first-order chi connectivity index (χ1) is 15.4. The second kappa shape index (κ2) is 13.0. The van der Waals surface area contributed by atoms with Gasteiger partial charge in [0.25, 0.3) is 5.91 Å². The summed E-state index contributed by atoms with van der Waals surface area (Å²) in [7, 11) is 0. The van der Waals surface area contributed by atoms with Gasteiger partial charge in [0.15, 0.2) is 6.61 Å². The molecule has 3 amide bonds. The van der Waals surface area contributed by atoms with Gasteiger partial charge in [0.05, 0.1) is 0 Å². The molecule has 0 unspecified atom stereocenters. The van der Waals surface area contributed by atoms with Crippen LogP contribution in [-0.2, 0) is 20.9 Å². The van der Waals surface area contributed by atoms with E-state index in [0.29, 0.717) is 24.4 Å². The van der Waals surface area contributed by atoms with E-state index in [9.17, 15) is 14.4 Å². The molecule has 2 atom stereocenters. The number of alkyl carbamates (subject to hydrolysis) is 1. The molecule has 8 nitrogen and oxygen atoms in total. The van der Waals surface area contributed by atoms with E-state index < -0.39 is 12.1 Å². The first kappa shape index (κ1) is 24.7. The molecule has 0 saturated heterocycles. The number of benzene rings is 2. The van der Waals surface area contributed by atoms with Crippen molar-refractivity contribution in [3.63, 3.8) is 0 Å². The van der Waals surface area contributed by atoms with Crippen molar-refractivity contribution >= 4 is 23.6 Å². The van der Waals surface area contributed by atoms with E-state index in [-0.39, 0.29) is 30.9 Å². The van der Waals surface area contributed by atoms with Gasteiger partial charge in [-0.2, -0.15) is 0 Å². The highest BCUT2D eigenvalue weighted by Gasteiger charge is 2.26. The molecule has 0 aliphatic carbocycles. The maximum absolute atomic E-state index is 12.8. The van der Waals surface area contributed by atoms with Crippen LogP contribution in [0.2, 0.25) is 0 Å². The lowest BCUT2D eigenvalue weighted by atomic mass is 9.98. The Bertz CT molecular complexity index is 871. The number of carbonyl (C=O) groups excluding carboxylic acids is 3. The Balaban J connectivity index is 1.91. The Hall–Kier alpha value is -3.55. The van der Waals surface area contributed by atoms with Crippen molar-refractivity contribution in [1.29, 1.82) is 0 Å². The monoisotopic (exact) mass is 441 g/mol. The number of carbonyl (C=O) groups is 3. The van der Waals surface area contributed by atoms with Crippen molar-refractivity contribution in [2.24, 2.45) is 5.92 Å². The Morgan fingerprint density at radius 2 is 1.66 bits per heavy atom. The fourth-order valence-corrected chi connectivity index (χ4v) is 2.85. The molecule has 0 fully saturated rings. The molecule has 0 aromatic heterocycles. The fourth-order valence-electron chi connectivity index (χ4n) is 2.85. The fraction of sp³-hybridized carbons (Fsp3) is 0.375. The predicted molar refractivity (Wildman–Crippen MR) is 122 cm³/mol. The summed E-state index contributed by atoms with van der Waals surface area (Å²) in [6, 6.07) is 15.2. The quantitative estimate of drug-likeness (QED) is 0.495. The van der Waals surface area contributed by atoms with Gasteiger partial charge in [-0.1, -0.05) is 50.6 Å². The van der Waals surface area contributed by atoms with Crippen molar-refractivity contribution < 1.29 is 23.9 Å². The number of rotatable bonds is 11. The summed E-state index contributed by atoms with van der Waals surface area (Å²) in [6.07, 6.45) is 0.0484. The van der Waals surface area contributed by atoms with Crippen LogP contribution < -0.4 is 20.7 Å². The molecule has 0 heterocycles. The lowest BCUT2D eigenvalue weighted by molar-refractivity contribution is -0.123. The molecule has 172 valence electrons. The highest BCUT2D eigenvalue weighted by Crippen LogP contribution is 2.17. The topological polar surface area (TPSA) is 106 Å². The summed E-state index contributed by atoms with van der Waals surface area (Å²) < 4.78 is 10.7. The average Bonchev–Trinajstić information content (AvgIpc) is 2.81. The van der Waals surface area contributed by atoms with Gasteiger partial charge in [-0.05, 0) is 42.7 Å². The molecule has 0 spiro atoms. The van der Waals surface area contributed by atoms with Crippen molar-refractivity contribution in [2.75, 3.05) is 18.5 Å². The normalized spacial score (nSPS) is 12.2. The van der Waals surface area contributed by atoms with Gasteiger partial charge in [0.2, 0.25) is 5.91 Å². The molecule has 2 rings (SSSR count). The molecular formula is C24H31N3O5. The van der Waals surface area contributed by atoms with Crippen molar-refractivity contribution in [1.82, 2.24) is 10.6 Å². The molecule has 0 bridgehead atoms. The number of anilines is 1. The Labute approximate surface area is 188 Å². The van der Waals surface area contributed by atoms with Crippen LogP contribution in [0.4, 0.5) is 10.5 Å². The standard InChI is InChI=1S/C24H31N3O5/c1-4-17(3)22(27-24(30)32-15-18-9-7-6-8-10-18)23(29)26-19-11-13-20(14-12-19)31-16-21(28)25-5-2/h6-14,17,22H,4-5,15-16H2,1-3H3,(H,25,28)(H,26,29)(H,27,30)/t17-,22-/m0/s1. The summed E-state index contributed by atoms with van der Waals surface area (Å²) >= 11 is 0. The number of likely N-dealkylation sites (N-methyl/N-ethyl adjacent to an activating group) is 1. The van der Waals surface area contributed by atoms with Crippen LogP contribution in [0, 0.1) is 5.92 Å². The Kier molecular flexibility index (Phi) is 10.0. The number of nitrogens with one attached hydrogen (secondary N) is 3. The SMILES string of the molecule is CCNC(=O)COc1ccc(NC(=O)[C@@H](NC(=O)OCc2ccccc2)[C@@H](C)CC)cc1. The Morgan fingerprint density at radius 1 is 0.969 bits per heavy atom. The largest absolute Gasteiger partial charge is 0.484 e. The van der Waals surface area contributed by atoms with Gasteiger partial charge in [0, 0.05) is 12.2 Å². The molecule has 8 heteroatoms. The summed E-state index contributed by atoms with van der Waals surface area (Å²) in [4.78, 5) is 36.6. The molecule has 32 heavy (non-hydrogen) atoms. The molecule has 3 N–H and O–H groups in total. The first-order valence-electron chi connectivity index (χ1n) is 10.7. The molecule has 0 saturated carbocycles. The van der Waals surface area contributed by atoms with Gasteiger partial charge >= 0.3 is 6.09 Å². The summed E-state index contributed by atoms with van der Waals surface area (Å²) in [6.45, 7) is 6.25. The van der Waals surface area contributed by atoms with Crippen LogP contribution in [-0.4, -0.2) is 37.1 Å². The highest BCUT2D eigenvalue weighted by molar-refractivity contribution is 5.96. The van der Waals surface area contributed by atoms with E-state index in [1.54, 1.807) is 24.3 Å². The number of hydrogen-bond donors (Lipinski definition) is 3. The number of amides is 3. The summed E-state index contributed by atoms with van der Waals surface area (Å²) in [5, 5.41) is 8.13. The molecule has 0 aliphatic heterocycles. The van der Waals surface area contributed by atoms with Gasteiger partial charge in [-0.15, -0.1) is 0 Å². The van der Waals surface area contributed by atoms with Crippen molar-refractivity contribution in [3.05, 3.63) is 60.2 Å². The van der Waals surface area contributed by atoms with Crippen LogP contribution in [0.1, 0.15) is 32.8 Å². The minimum absolute atomic E-state index is 0.0787. The van der Waals surface area contributed by atoms with Gasteiger partial charge < -0.3 is 25.4 Å². The van der Waals surface area contributed by atoms with Crippen LogP contribution in [0.3, 0.4) is 0 Å². The van der Waals surface area contributed by atoms with E-state index in [4.69, 9.17) is 9.47 Å². The third-order valence-electron chi connectivity index (χ3n) is 4.85. The van der Waals surface area contributed by atoms with E-state index in [1.807, 2.05) is 51.1 Å². The van der Waals surface area contributed by atoms with E-state index >= 15 is 0 Å². The lowest BCUT2D eigenvalue weighted by Gasteiger charge is -2.23. The third-order valence-corrected chi connectivity index (χ3v) is 4.85. The van der Waals surface area contributed by atoms with Crippen molar-refractivity contribution in [2.45, 2.75) is 39.8 Å². The second-order valence-electron chi connectivity index (χ2n) is 7.33. The van der Waals surface area contributed by atoms with Crippen LogP contribution in [0.15, 0.2) is 54.6 Å². The van der Waals surface area contributed by atoms with Crippen molar-refractivity contribution in [3.8, 4) is 5.75 Å². The van der Waals surface area contributed by atoms with Crippen LogP contribution in [0.5, 0.6) is 5.75 Å². The highest BCUT2D eigenvalue weighted by atomic mass is 16.5. The molecule has 2 aromatic rings. The van der Waals surface area contributed by atoms with E-state index in [0.717, 1.165) is 5.56 Å². The minimum Gasteiger partial charge on any atom is -0.484 e. The molecular weight excluding hydrogens is 410 g/mol. The van der Waals surface area contributed by atoms with Crippen LogP contribution in [0.25, 0.3) is 0 Å². The molecule has 0 aliphatic rings. The molecule has 2 aromatic carbocycles. The van der Waals surface area contributed by atoms with E-state index in [1.165, 1.54) is 0 Å². The average molecular weight is 442 g/mol. The minimum atomic E-state index is -0.753.